The third kappa shape index (κ3) is 6.41. The molecular weight excluding hydrogens is 370 g/mol. The van der Waals surface area contributed by atoms with Gasteiger partial charge in [-0.1, -0.05) is 12.1 Å². The molecule has 144 valence electrons. The molecule has 27 heavy (non-hydrogen) atoms. The number of nitrogens with one attached hydrogen (secondary N) is 1. The first-order valence-corrected chi connectivity index (χ1v) is 10.1. The highest BCUT2D eigenvalue weighted by Crippen LogP contribution is 2.16. The Balaban J connectivity index is 1.96. The lowest BCUT2D eigenvalue weighted by atomic mass is 10.1. The second kappa shape index (κ2) is 9.18. The predicted octanol–water partition coefficient (Wildman–Crippen LogP) is 2.33. The van der Waals surface area contributed by atoms with Gasteiger partial charge in [-0.3, -0.25) is 9.59 Å². The van der Waals surface area contributed by atoms with Crippen LogP contribution >= 0.6 is 0 Å². The van der Waals surface area contributed by atoms with Crippen molar-refractivity contribution in [2.24, 2.45) is 0 Å². The first-order chi connectivity index (χ1) is 12.8. The highest BCUT2D eigenvalue weighted by atomic mass is 32.2. The van der Waals surface area contributed by atoms with E-state index in [0.717, 1.165) is 0 Å². The van der Waals surface area contributed by atoms with Gasteiger partial charge < -0.3 is 14.8 Å². The molecule has 0 aliphatic heterocycles. The summed E-state index contributed by atoms with van der Waals surface area (Å²) in [6.45, 7) is 2.37. The highest BCUT2D eigenvalue weighted by molar-refractivity contribution is 7.92. The second-order valence-electron chi connectivity index (χ2n) is 5.69. The van der Waals surface area contributed by atoms with E-state index in [0.29, 0.717) is 23.8 Å². The van der Waals surface area contributed by atoms with Crippen LogP contribution < -0.4 is 14.8 Å². The first-order valence-electron chi connectivity index (χ1n) is 8.23. The first kappa shape index (κ1) is 20.4. The number of anilines is 1. The van der Waals surface area contributed by atoms with Gasteiger partial charge in [-0.15, -0.1) is 0 Å². The molecule has 2 aromatic carbocycles. The van der Waals surface area contributed by atoms with Crippen molar-refractivity contribution in [3.63, 3.8) is 0 Å². The minimum absolute atomic E-state index is 0.213. The molecule has 0 fully saturated rings. The topological polar surface area (TPSA) is 98.8 Å². The molecule has 0 unspecified atom stereocenters. The van der Waals surface area contributed by atoms with Crippen molar-refractivity contribution in [3.05, 3.63) is 54.1 Å². The van der Waals surface area contributed by atoms with E-state index < -0.39 is 33.0 Å². The number of carbonyl (C=O) groups is 2. The quantitative estimate of drug-likeness (QED) is 0.659. The smallest absolute Gasteiger partial charge is 0.239 e. The van der Waals surface area contributed by atoms with Crippen LogP contribution in [0.2, 0.25) is 0 Å². The third-order valence-electron chi connectivity index (χ3n) is 3.54. The summed E-state index contributed by atoms with van der Waals surface area (Å²) in [4.78, 5) is 24.2. The lowest BCUT2D eigenvalue weighted by molar-refractivity contribution is -0.113. The maximum absolute atomic E-state index is 12.2. The van der Waals surface area contributed by atoms with Crippen LogP contribution in [0, 0.1) is 0 Å². The predicted molar refractivity (Wildman–Crippen MR) is 102 cm³/mol. The molecule has 0 aromatic heterocycles. The van der Waals surface area contributed by atoms with E-state index in [1.165, 1.54) is 19.2 Å². The zero-order chi connectivity index (χ0) is 19.9. The number of amides is 1. The van der Waals surface area contributed by atoms with E-state index in [9.17, 15) is 18.0 Å². The van der Waals surface area contributed by atoms with Crippen molar-refractivity contribution in [3.8, 4) is 11.5 Å². The highest BCUT2D eigenvalue weighted by Gasteiger charge is 2.22. The average molecular weight is 391 g/mol. The summed E-state index contributed by atoms with van der Waals surface area (Å²) in [7, 11) is -2.46. The summed E-state index contributed by atoms with van der Waals surface area (Å²) in [5.74, 6) is -1.74. The molecule has 0 aliphatic rings. The Morgan fingerprint density at radius 3 is 2.33 bits per heavy atom. The number of ketones is 1. The summed E-state index contributed by atoms with van der Waals surface area (Å²) < 4.78 is 34.7. The zero-order valence-corrected chi connectivity index (χ0v) is 15.9. The van der Waals surface area contributed by atoms with Crippen molar-refractivity contribution in [2.75, 3.05) is 30.5 Å². The van der Waals surface area contributed by atoms with Gasteiger partial charge in [0.1, 0.15) is 23.0 Å². The molecule has 0 spiro atoms. The monoisotopic (exact) mass is 391 g/mol. The molecule has 0 heterocycles. The van der Waals surface area contributed by atoms with Gasteiger partial charge in [0.2, 0.25) is 5.91 Å². The summed E-state index contributed by atoms with van der Waals surface area (Å²) in [5, 5.41) is 2.49. The Labute approximate surface area is 158 Å². The van der Waals surface area contributed by atoms with E-state index in [4.69, 9.17) is 9.47 Å². The van der Waals surface area contributed by atoms with E-state index in [1.807, 2.05) is 6.92 Å². The van der Waals surface area contributed by atoms with Crippen molar-refractivity contribution < 1.29 is 27.5 Å². The lowest BCUT2D eigenvalue weighted by Gasteiger charge is -2.08. The van der Waals surface area contributed by atoms with Crippen molar-refractivity contribution in [1.82, 2.24) is 0 Å². The van der Waals surface area contributed by atoms with Crippen LogP contribution in [0.25, 0.3) is 0 Å². The van der Waals surface area contributed by atoms with Crippen molar-refractivity contribution in [2.45, 2.75) is 6.92 Å². The van der Waals surface area contributed by atoms with Crippen LogP contribution in [0.5, 0.6) is 11.5 Å². The minimum atomic E-state index is -3.91. The Bertz CT molecular complexity index is 906. The Hall–Kier alpha value is -2.87. The number of sulfone groups is 1. The molecule has 0 radical (unpaired) electrons. The van der Waals surface area contributed by atoms with Crippen molar-refractivity contribution >= 4 is 27.2 Å². The Kier molecular flexibility index (Phi) is 6.95. The largest absolute Gasteiger partial charge is 0.497 e. The maximum atomic E-state index is 12.2. The third-order valence-corrected chi connectivity index (χ3v) is 4.95. The maximum Gasteiger partial charge on any atom is 0.239 e. The Morgan fingerprint density at radius 2 is 1.70 bits per heavy atom. The summed E-state index contributed by atoms with van der Waals surface area (Å²) >= 11 is 0. The summed E-state index contributed by atoms with van der Waals surface area (Å²) in [6.07, 6.45) is 0. The zero-order valence-electron chi connectivity index (χ0n) is 15.1. The lowest BCUT2D eigenvalue weighted by Crippen LogP contribution is -2.27. The van der Waals surface area contributed by atoms with Gasteiger partial charge in [-0.2, -0.15) is 0 Å². The molecule has 7 nitrogen and oxygen atoms in total. The van der Waals surface area contributed by atoms with Crippen molar-refractivity contribution in [1.29, 1.82) is 0 Å². The van der Waals surface area contributed by atoms with Crippen LogP contribution in [0.4, 0.5) is 5.69 Å². The number of Topliss-reactive ketones (excluding diaryl/α,β-unsaturated/α-hetero) is 1. The normalized spacial score (nSPS) is 10.9. The number of benzene rings is 2. The van der Waals surface area contributed by atoms with E-state index in [-0.39, 0.29) is 5.56 Å². The molecule has 2 aromatic rings. The summed E-state index contributed by atoms with van der Waals surface area (Å²) in [5.41, 5.74) is 0.655. The number of hydrogen-bond donors (Lipinski definition) is 1. The van der Waals surface area contributed by atoms with Gasteiger partial charge in [-0.05, 0) is 43.3 Å². The molecule has 0 saturated carbocycles. The number of hydrogen-bond acceptors (Lipinski definition) is 6. The fraction of sp³-hybridized carbons (Fsp3) is 0.263. The van der Waals surface area contributed by atoms with E-state index in [2.05, 4.69) is 5.32 Å². The molecule has 1 amide bonds. The fourth-order valence-corrected chi connectivity index (χ4v) is 3.47. The molecule has 8 heteroatoms. The molecular formula is C19H21NO6S. The number of rotatable bonds is 9. The van der Waals surface area contributed by atoms with Gasteiger partial charge in [0.25, 0.3) is 0 Å². The molecule has 0 aliphatic carbocycles. The van der Waals surface area contributed by atoms with Crippen LogP contribution in [0.3, 0.4) is 0 Å². The van der Waals surface area contributed by atoms with Crippen LogP contribution in [0.1, 0.15) is 17.3 Å². The Morgan fingerprint density at radius 1 is 1.00 bits per heavy atom. The number of carbonyl (C=O) groups excluding carboxylic acids is 2. The van der Waals surface area contributed by atoms with E-state index in [1.54, 1.807) is 36.4 Å². The SMILES string of the molecule is CCOc1ccc(NC(=O)CS(=O)(=O)CC(=O)c2cccc(OC)c2)cc1. The van der Waals surface area contributed by atoms with Crippen LogP contribution in [-0.2, 0) is 14.6 Å². The fourth-order valence-electron chi connectivity index (χ4n) is 2.33. The van der Waals surface area contributed by atoms with Crippen LogP contribution in [-0.4, -0.2) is 45.3 Å². The van der Waals surface area contributed by atoms with Crippen LogP contribution in [0.15, 0.2) is 48.5 Å². The van der Waals surface area contributed by atoms with Gasteiger partial charge >= 0.3 is 0 Å². The van der Waals surface area contributed by atoms with Gasteiger partial charge in [0.15, 0.2) is 15.6 Å². The molecule has 2 rings (SSSR count). The molecule has 1 N–H and O–H groups in total. The van der Waals surface area contributed by atoms with E-state index >= 15 is 0 Å². The average Bonchev–Trinajstić information content (AvgIpc) is 2.62. The number of ether oxygens (including phenoxy) is 2. The minimum Gasteiger partial charge on any atom is -0.497 e. The molecule has 0 saturated heterocycles. The van der Waals surface area contributed by atoms with Gasteiger partial charge in [0.05, 0.1) is 13.7 Å². The van der Waals surface area contributed by atoms with Gasteiger partial charge in [0, 0.05) is 11.3 Å². The summed E-state index contributed by atoms with van der Waals surface area (Å²) in [6, 6.07) is 12.7. The molecule has 0 atom stereocenters. The van der Waals surface area contributed by atoms with Gasteiger partial charge in [-0.25, -0.2) is 8.42 Å². The molecule has 0 bridgehead atoms. The second-order valence-corrected chi connectivity index (χ2v) is 7.76. The number of methoxy groups -OCH3 is 1. The standard InChI is InChI=1S/C19H21NO6S/c1-3-26-16-9-7-15(8-10-16)20-19(22)13-27(23,24)12-18(21)14-5-4-6-17(11-14)25-2/h4-11H,3,12-13H2,1-2H3,(H,20,22).